The Kier molecular flexibility index (Phi) is 4.18. The number of hydrogen-bond acceptors (Lipinski definition) is 2. The molecule has 1 aliphatic rings. The van der Waals surface area contributed by atoms with Crippen molar-refractivity contribution in [3.05, 3.63) is 28.2 Å². The molecule has 114 valence electrons. The van der Waals surface area contributed by atoms with Crippen LogP contribution in [0.2, 0.25) is 0 Å². The fourth-order valence-corrected chi connectivity index (χ4v) is 2.37. The second kappa shape index (κ2) is 5.59. The Morgan fingerprint density at radius 2 is 1.95 bits per heavy atom. The lowest BCUT2D eigenvalue weighted by Crippen LogP contribution is -2.37. The molecule has 2 amide bonds. The topological polar surface area (TPSA) is 69.6 Å². The van der Waals surface area contributed by atoms with Crippen LogP contribution in [-0.2, 0) is 4.79 Å². The zero-order chi connectivity index (χ0) is 15.8. The van der Waals surface area contributed by atoms with Crippen LogP contribution in [0.1, 0.15) is 13.3 Å². The fraction of sp³-hybridized carbons (Fsp3) is 0.385. The molecule has 1 aromatic carbocycles. The maximum Gasteiger partial charge on any atom is 0.321 e. The molecule has 0 saturated carbocycles. The van der Waals surface area contributed by atoms with Crippen molar-refractivity contribution in [3.63, 3.8) is 0 Å². The highest BCUT2D eigenvalue weighted by Crippen LogP contribution is 2.31. The minimum atomic E-state index is -0.993. The highest BCUT2D eigenvalue weighted by atomic mass is 79.9. The number of amides is 2. The van der Waals surface area contributed by atoms with Gasteiger partial charge in [0.05, 0.1) is 9.89 Å². The molecule has 0 bridgehead atoms. The average molecular weight is 363 g/mol. The Morgan fingerprint density at radius 3 is 2.43 bits per heavy atom. The van der Waals surface area contributed by atoms with E-state index in [2.05, 4.69) is 21.2 Å². The normalized spacial score (nSPS) is 21.4. The van der Waals surface area contributed by atoms with Crippen molar-refractivity contribution in [2.24, 2.45) is 5.41 Å². The van der Waals surface area contributed by atoms with Crippen LogP contribution in [-0.4, -0.2) is 35.1 Å². The van der Waals surface area contributed by atoms with Gasteiger partial charge in [-0.05, 0) is 41.4 Å². The largest absolute Gasteiger partial charge is 0.481 e. The third-order valence-corrected chi connectivity index (χ3v) is 4.27. The highest BCUT2D eigenvalue weighted by Gasteiger charge is 2.42. The lowest BCUT2D eigenvalue weighted by atomic mass is 9.90. The van der Waals surface area contributed by atoms with Crippen molar-refractivity contribution < 1.29 is 23.5 Å². The molecule has 5 nitrogen and oxygen atoms in total. The number of carboxylic acid groups (broad SMARTS) is 1. The van der Waals surface area contributed by atoms with Gasteiger partial charge in [0, 0.05) is 18.8 Å². The van der Waals surface area contributed by atoms with Gasteiger partial charge in [0.1, 0.15) is 11.6 Å². The molecule has 1 heterocycles. The Bertz CT molecular complexity index is 588. The molecule has 0 aliphatic carbocycles. The van der Waals surface area contributed by atoms with Gasteiger partial charge in [-0.25, -0.2) is 13.6 Å². The van der Waals surface area contributed by atoms with Crippen molar-refractivity contribution in [2.45, 2.75) is 13.3 Å². The first-order valence-electron chi connectivity index (χ1n) is 6.17. The van der Waals surface area contributed by atoms with Crippen LogP contribution in [0.5, 0.6) is 0 Å². The number of nitrogens with zero attached hydrogens (tertiary/aromatic N) is 1. The third-order valence-electron chi connectivity index (χ3n) is 3.51. The average Bonchev–Trinajstić information content (AvgIpc) is 2.80. The van der Waals surface area contributed by atoms with E-state index in [1.165, 1.54) is 4.90 Å². The lowest BCUT2D eigenvalue weighted by Gasteiger charge is -2.20. The molecule has 1 aromatic rings. The molecule has 2 N–H and O–H groups in total. The summed E-state index contributed by atoms with van der Waals surface area (Å²) in [5.41, 5.74) is -1.02. The quantitative estimate of drug-likeness (QED) is 0.794. The van der Waals surface area contributed by atoms with Crippen LogP contribution in [0.15, 0.2) is 16.6 Å². The summed E-state index contributed by atoms with van der Waals surface area (Å²) in [6.07, 6.45) is 0.332. The molecule has 0 spiro atoms. The second-order valence-corrected chi connectivity index (χ2v) is 6.01. The first kappa shape index (κ1) is 15.7. The van der Waals surface area contributed by atoms with E-state index >= 15 is 0 Å². The molecular weight excluding hydrogens is 350 g/mol. The number of carbonyl (C=O) groups excluding carboxylic acids is 1. The minimum Gasteiger partial charge on any atom is -0.481 e. The zero-order valence-electron chi connectivity index (χ0n) is 11.1. The van der Waals surface area contributed by atoms with Gasteiger partial charge in [0.25, 0.3) is 0 Å². The van der Waals surface area contributed by atoms with Crippen LogP contribution in [0.4, 0.5) is 19.3 Å². The molecule has 1 aliphatic heterocycles. The molecule has 2 rings (SSSR count). The number of rotatable bonds is 2. The molecule has 1 fully saturated rings. The Balaban J connectivity index is 2.08. The van der Waals surface area contributed by atoms with Crippen LogP contribution in [0.25, 0.3) is 0 Å². The number of urea groups is 1. The van der Waals surface area contributed by atoms with Crippen molar-refractivity contribution in [1.82, 2.24) is 4.90 Å². The second-order valence-electron chi connectivity index (χ2n) is 5.22. The van der Waals surface area contributed by atoms with Gasteiger partial charge >= 0.3 is 12.0 Å². The number of carbonyl (C=O) groups is 2. The van der Waals surface area contributed by atoms with Crippen molar-refractivity contribution >= 4 is 33.6 Å². The highest BCUT2D eigenvalue weighted by molar-refractivity contribution is 9.10. The Labute approximate surface area is 128 Å². The minimum absolute atomic E-state index is 0.0258. The predicted molar refractivity (Wildman–Crippen MR) is 75.0 cm³/mol. The SMILES string of the molecule is CC1(C(=O)O)CCN(C(=O)Nc2cc(F)c(Br)c(F)c2)C1. The molecule has 1 saturated heterocycles. The number of aliphatic carboxylic acids is 1. The molecule has 0 radical (unpaired) electrons. The van der Waals surface area contributed by atoms with E-state index in [0.29, 0.717) is 6.42 Å². The first-order chi connectivity index (χ1) is 9.73. The van der Waals surface area contributed by atoms with E-state index < -0.39 is 29.0 Å². The monoisotopic (exact) mass is 362 g/mol. The van der Waals surface area contributed by atoms with Crippen molar-refractivity contribution in [3.8, 4) is 0 Å². The number of benzene rings is 1. The molecular formula is C13H13BrF2N2O3. The van der Waals surface area contributed by atoms with E-state index in [4.69, 9.17) is 5.11 Å². The van der Waals surface area contributed by atoms with Gasteiger partial charge < -0.3 is 15.3 Å². The molecule has 21 heavy (non-hydrogen) atoms. The fourth-order valence-electron chi connectivity index (χ4n) is 2.14. The predicted octanol–water partition coefficient (Wildman–Crippen LogP) is 3.06. The number of carboxylic acids is 1. The Hall–Kier alpha value is -1.70. The summed E-state index contributed by atoms with van der Waals surface area (Å²) in [4.78, 5) is 24.4. The third kappa shape index (κ3) is 3.15. The maximum absolute atomic E-state index is 13.4. The van der Waals surface area contributed by atoms with E-state index in [1.807, 2.05) is 0 Å². The number of nitrogens with one attached hydrogen (secondary N) is 1. The molecule has 0 aromatic heterocycles. The first-order valence-corrected chi connectivity index (χ1v) is 6.96. The van der Waals surface area contributed by atoms with Gasteiger partial charge in [-0.15, -0.1) is 0 Å². The molecule has 8 heteroatoms. The van der Waals surface area contributed by atoms with Crippen molar-refractivity contribution in [2.75, 3.05) is 18.4 Å². The van der Waals surface area contributed by atoms with Gasteiger partial charge in [0.2, 0.25) is 0 Å². The van der Waals surface area contributed by atoms with Gasteiger partial charge in [-0.1, -0.05) is 0 Å². The summed E-state index contributed by atoms with van der Waals surface area (Å²) in [6.45, 7) is 1.88. The number of likely N-dealkylation sites (tertiary alicyclic amines) is 1. The van der Waals surface area contributed by atoms with E-state index in [-0.39, 0.29) is 23.2 Å². The van der Waals surface area contributed by atoms with Crippen molar-refractivity contribution in [1.29, 1.82) is 0 Å². The number of hydrogen-bond donors (Lipinski definition) is 2. The standard InChI is InChI=1S/C13H13BrF2N2O3/c1-13(11(19)20)2-3-18(6-13)12(21)17-7-4-8(15)10(14)9(16)5-7/h4-5H,2-3,6H2,1H3,(H,17,21)(H,19,20). The van der Waals surface area contributed by atoms with Gasteiger partial charge in [-0.3, -0.25) is 4.79 Å². The zero-order valence-corrected chi connectivity index (χ0v) is 12.7. The summed E-state index contributed by atoms with van der Waals surface area (Å²) in [6, 6.07) is 1.38. The van der Waals surface area contributed by atoms with Crippen LogP contribution in [0.3, 0.4) is 0 Å². The van der Waals surface area contributed by atoms with Gasteiger partial charge in [-0.2, -0.15) is 0 Å². The van der Waals surface area contributed by atoms with Crippen LogP contribution in [0, 0.1) is 17.0 Å². The summed E-state index contributed by atoms with van der Waals surface area (Å²) < 4.78 is 26.4. The van der Waals surface area contributed by atoms with Gasteiger partial charge in [0.15, 0.2) is 0 Å². The summed E-state index contributed by atoms with van der Waals surface area (Å²) in [7, 11) is 0. The number of halogens is 3. The van der Waals surface area contributed by atoms with Crippen LogP contribution < -0.4 is 5.32 Å². The summed E-state index contributed by atoms with van der Waals surface area (Å²) in [5, 5.41) is 11.5. The van der Waals surface area contributed by atoms with Crippen LogP contribution >= 0.6 is 15.9 Å². The maximum atomic E-state index is 13.4. The van der Waals surface area contributed by atoms with E-state index in [0.717, 1.165) is 12.1 Å². The van der Waals surface area contributed by atoms with E-state index in [9.17, 15) is 18.4 Å². The smallest absolute Gasteiger partial charge is 0.321 e. The lowest BCUT2D eigenvalue weighted by molar-refractivity contribution is -0.146. The van der Waals surface area contributed by atoms with E-state index in [1.54, 1.807) is 6.92 Å². The molecule has 1 atom stereocenters. The Morgan fingerprint density at radius 1 is 1.38 bits per heavy atom. The number of anilines is 1. The summed E-state index contributed by atoms with van der Waals surface area (Å²) >= 11 is 2.74. The summed E-state index contributed by atoms with van der Waals surface area (Å²) in [5.74, 6) is -2.64. The molecule has 1 unspecified atom stereocenters.